The molecule has 0 spiro atoms. The third-order valence-electron chi connectivity index (χ3n) is 2.54. The smallest absolute Gasteiger partial charge is 0.399 e. The van der Waals surface area contributed by atoms with Crippen LogP contribution < -0.4 is 0 Å². The Labute approximate surface area is 143 Å². The highest BCUT2D eigenvalue weighted by atomic mass is 16.7. The molecule has 1 atom stereocenters. The number of amides is 1. The number of carbonyl (C=O) groups is 3. The summed E-state index contributed by atoms with van der Waals surface area (Å²) in [5.41, 5.74) is -1.71. The van der Waals surface area contributed by atoms with E-state index in [4.69, 9.17) is 14.7 Å². The molecule has 0 heterocycles. The van der Waals surface area contributed by atoms with Crippen LogP contribution in [0.5, 0.6) is 0 Å². The molecule has 0 saturated carbocycles. The first-order chi connectivity index (χ1) is 10.8. The van der Waals surface area contributed by atoms with Gasteiger partial charge in [-0.3, -0.25) is 9.63 Å². The fraction of sp³-hybridized carbons (Fsp3) is 0.812. The molecule has 24 heavy (non-hydrogen) atoms. The van der Waals surface area contributed by atoms with Crippen molar-refractivity contribution in [3.63, 3.8) is 0 Å². The van der Waals surface area contributed by atoms with Gasteiger partial charge in [0.05, 0.1) is 12.7 Å². The first kappa shape index (κ1) is 22.3. The van der Waals surface area contributed by atoms with Gasteiger partial charge >= 0.3 is 17.8 Å². The number of hydrogen-bond donors (Lipinski definition) is 1. The molecule has 8 nitrogen and oxygen atoms in total. The monoisotopic (exact) mass is 347 g/mol. The average Bonchev–Trinajstić information content (AvgIpc) is 2.42. The molecule has 0 aliphatic rings. The van der Waals surface area contributed by atoms with Gasteiger partial charge in [-0.2, -0.15) is 5.06 Å². The molecule has 0 aromatic heterocycles. The van der Waals surface area contributed by atoms with E-state index in [-0.39, 0.29) is 19.4 Å². The Kier molecular flexibility index (Phi) is 8.36. The summed E-state index contributed by atoms with van der Waals surface area (Å²) < 4.78 is 9.74. The van der Waals surface area contributed by atoms with E-state index in [9.17, 15) is 14.4 Å². The quantitative estimate of drug-likeness (QED) is 0.437. The number of aliphatic hydroxyl groups is 1. The number of methoxy groups -OCH3 is 1. The lowest BCUT2D eigenvalue weighted by atomic mass is 10.1. The number of hydroxylamine groups is 2. The Morgan fingerprint density at radius 3 is 1.96 bits per heavy atom. The predicted octanol–water partition coefficient (Wildman–Crippen LogP) is 1.20. The van der Waals surface area contributed by atoms with Crippen LogP contribution in [0.4, 0.5) is 0 Å². The number of esters is 2. The Morgan fingerprint density at radius 2 is 1.58 bits per heavy atom. The summed E-state index contributed by atoms with van der Waals surface area (Å²) in [6.07, 6.45) is 0.305. The minimum Gasteiger partial charge on any atom is -0.467 e. The van der Waals surface area contributed by atoms with Gasteiger partial charge in [0.15, 0.2) is 6.04 Å². The summed E-state index contributed by atoms with van der Waals surface area (Å²) in [6.45, 7) is 9.69. The summed E-state index contributed by atoms with van der Waals surface area (Å²) in [4.78, 5) is 42.1. The Hall–Kier alpha value is -1.67. The molecule has 8 heteroatoms. The molecule has 0 saturated heterocycles. The average molecular weight is 347 g/mol. The standard InChI is InChI=1S/C16H29NO7/c1-15(2,3)23-14(21)12(19)17(24-16(4,5)6)11(9-8-10-18)13(20)22-7/h11,18H,8-10H2,1-7H3/t11-/m0/s1. The van der Waals surface area contributed by atoms with Crippen LogP contribution in [0.25, 0.3) is 0 Å². The van der Waals surface area contributed by atoms with Crippen LogP contribution in [0.3, 0.4) is 0 Å². The molecule has 0 aromatic rings. The van der Waals surface area contributed by atoms with Gasteiger partial charge in [0.2, 0.25) is 0 Å². The maximum absolute atomic E-state index is 12.5. The first-order valence-electron chi connectivity index (χ1n) is 7.76. The molecule has 0 fully saturated rings. The van der Waals surface area contributed by atoms with Gasteiger partial charge in [0.25, 0.3) is 0 Å². The van der Waals surface area contributed by atoms with Gasteiger partial charge in [-0.05, 0) is 54.4 Å². The predicted molar refractivity (Wildman–Crippen MR) is 85.7 cm³/mol. The van der Waals surface area contributed by atoms with Crippen molar-refractivity contribution < 1.29 is 33.8 Å². The van der Waals surface area contributed by atoms with Gasteiger partial charge in [-0.25, -0.2) is 9.59 Å². The lowest BCUT2D eigenvalue weighted by Gasteiger charge is -2.34. The van der Waals surface area contributed by atoms with Crippen molar-refractivity contribution in [3.05, 3.63) is 0 Å². The molecule has 1 amide bonds. The molecule has 0 bridgehead atoms. The third kappa shape index (κ3) is 8.26. The normalized spacial score (nSPS) is 13.2. The van der Waals surface area contributed by atoms with Gasteiger partial charge in [0.1, 0.15) is 5.60 Å². The molecule has 0 aliphatic carbocycles. The molecular weight excluding hydrogens is 318 g/mol. The van der Waals surface area contributed by atoms with E-state index in [0.29, 0.717) is 5.06 Å². The van der Waals surface area contributed by atoms with E-state index >= 15 is 0 Å². The van der Waals surface area contributed by atoms with E-state index < -0.39 is 35.1 Å². The van der Waals surface area contributed by atoms with Crippen LogP contribution in [0.2, 0.25) is 0 Å². The second-order valence-corrected chi connectivity index (χ2v) is 7.24. The highest BCUT2D eigenvalue weighted by molar-refractivity contribution is 6.32. The highest BCUT2D eigenvalue weighted by Gasteiger charge is 2.39. The van der Waals surface area contributed by atoms with Crippen LogP contribution >= 0.6 is 0 Å². The second-order valence-electron chi connectivity index (χ2n) is 7.24. The SMILES string of the molecule is COC(=O)[C@H](CCCO)N(OC(C)(C)C)C(=O)C(=O)OC(C)(C)C. The summed E-state index contributed by atoms with van der Waals surface area (Å²) >= 11 is 0. The lowest BCUT2D eigenvalue weighted by Crippen LogP contribution is -2.52. The molecule has 0 rings (SSSR count). The van der Waals surface area contributed by atoms with Crippen LogP contribution in [-0.2, 0) is 28.7 Å². The fourth-order valence-corrected chi connectivity index (χ4v) is 1.70. The minimum absolute atomic E-state index is 0.0772. The zero-order chi connectivity index (χ0) is 19.1. The Bertz CT molecular complexity index is 448. The summed E-state index contributed by atoms with van der Waals surface area (Å²) in [5, 5.41) is 9.69. The van der Waals surface area contributed by atoms with Crippen molar-refractivity contribution in [2.45, 2.75) is 71.6 Å². The lowest BCUT2D eigenvalue weighted by molar-refractivity contribution is -0.247. The minimum atomic E-state index is -1.17. The molecule has 1 N–H and O–H groups in total. The van der Waals surface area contributed by atoms with Crippen molar-refractivity contribution in [2.75, 3.05) is 13.7 Å². The van der Waals surface area contributed by atoms with E-state index in [1.54, 1.807) is 41.5 Å². The van der Waals surface area contributed by atoms with E-state index in [1.807, 2.05) is 0 Å². The number of aliphatic hydroxyl groups excluding tert-OH is 1. The fourth-order valence-electron chi connectivity index (χ4n) is 1.70. The van der Waals surface area contributed by atoms with Crippen molar-refractivity contribution in [3.8, 4) is 0 Å². The van der Waals surface area contributed by atoms with E-state index in [1.165, 1.54) is 7.11 Å². The topological polar surface area (TPSA) is 102 Å². The molecule has 140 valence electrons. The zero-order valence-electron chi connectivity index (χ0n) is 15.5. The van der Waals surface area contributed by atoms with Crippen LogP contribution in [0.15, 0.2) is 0 Å². The maximum Gasteiger partial charge on any atom is 0.399 e. The van der Waals surface area contributed by atoms with Crippen molar-refractivity contribution in [1.29, 1.82) is 0 Å². The van der Waals surface area contributed by atoms with E-state index in [2.05, 4.69) is 4.74 Å². The second kappa shape index (κ2) is 8.98. The molecular formula is C16H29NO7. The molecule has 0 aromatic carbocycles. The van der Waals surface area contributed by atoms with Crippen molar-refractivity contribution in [2.24, 2.45) is 0 Å². The third-order valence-corrected chi connectivity index (χ3v) is 2.54. The number of rotatable bonds is 6. The number of carbonyl (C=O) groups excluding carboxylic acids is 3. The number of nitrogens with zero attached hydrogens (tertiary/aromatic N) is 1. The van der Waals surface area contributed by atoms with Gasteiger partial charge in [0, 0.05) is 6.61 Å². The number of ether oxygens (including phenoxy) is 2. The van der Waals surface area contributed by atoms with Crippen LogP contribution in [0.1, 0.15) is 54.4 Å². The summed E-state index contributed by atoms with van der Waals surface area (Å²) in [7, 11) is 1.17. The van der Waals surface area contributed by atoms with Crippen molar-refractivity contribution in [1.82, 2.24) is 5.06 Å². The largest absolute Gasteiger partial charge is 0.467 e. The van der Waals surface area contributed by atoms with Crippen LogP contribution in [-0.4, -0.2) is 59.0 Å². The Balaban J connectivity index is 5.57. The van der Waals surface area contributed by atoms with Crippen molar-refractivity contribution >= 4 is 17.8 Å². The van der Waals surface area contributed by atoms with Gasteiger partial charge < -0.3 is 14.6 Å². The maximum atomic E-state index is 12.5. The van der Waals surface area contributed by atoms with E-state index in [0.717, 1.165) is 0 Å². The first-order valence-corrected chi connectivity index (χ1v) is 7.76. The summed E-state index contributed by atoms with van der Waals surface area (Å²) in [6, 6.07) is -1.17. The zero-order valence-corrected chi connectivity index (χ0v) is 15.5. The Morgan fingerprint density at radius 1 is 1.04 bits per heavy atom. The highest BCUT2D eigenvalue weighted by Crippen LogP contribution is 2.19. The van der Waals surface area contributed by atoms with Crippen LogP contribution in [0, 0.1) is 0 Å². The molecule has 0 aliphatic heterocycles. The van der Waals surface area contributed by atoms with Gasteiger partial charge in [-0.15, -0.1) is 0 Å². The van der Waals surface area contributed by atoms with Gasteiger partial charge in [-0.1, -0.05) is 0 Å². The number of hydrogen-bond acceptors (Lipinski definition) is 7. The molecule has 0 unspecified atom stereocenters. The summed E-state index contributed by atoms with van der Waals surface area (Å²) in [5.74, 6) is -2.98. The molecule has 0 radical (unpaired) electrons.